The van der Waals surface area contributed by atoms with Crippen LogP contribution in [0.25, 0.3) is 10.2 Å². The third-order valence-electron chi connectivity index (χ3n) is 4.77. The van der Waals surface area contributed by atoms with E-state index in [0.717, 1.165) is 10.3 Å². The average Bonchev–Trinajstić information content (AvgIpc) is 3.29. The maximum atomic E-state index is 13.3. The van der Waals surface area contributed by atoms with Crippen LogP contribution in [0.5, 0.6) is 0 Å². The van der Waals surface area contributed by atoms with Gasteiger partial charge < -0.3 is 0 Å². The molecule has 8 nitrogen and oxygen atoms in total. The third kappa shape index (κ3) is 5.19. The van der Waals surface area contributed by atoms with Crippen LogP contribution in [0.3, 0.4) is 0 Å². The summed E-state index contributed by atoms with van der Waals surface area (Å²) in [5.41, 5.74) is 7.55. The van der Waals surface area contributed by atoms with Gasteiger partial charge in [-0.1, -0.05) is 48.0 Å². The predicted octanol–water partition coefficient (Wildman–Crippen LogP) is 4.61. The number of hydrogen-bond donors (Lipinski definition) is 2. The highest BCUT2D eigenvalue weighted by molar-refractivity contribution is 8.08. The van der Waals surface area contributed by atoms with Gasteiger partial charge in [0.1, 0.15) is 0 Å². The minimum atomic E-state index is -4.02. The lowest BCUT2D eigenvalue weighted by Crippen LogP contribution is -2.28. The molecule has 3 aromatic carbocycles. The van der Waals surface area contributed by atoms with Gasteiger partial charge in [-0.15, -0.1) is 11.3 Å². The maximum Gasteiger partial charge on any atom is 0.300 e. The van der Waals surface area contributed by atoms with E-state index >= 15 is 0 Å². The van der Waals surface area contributed by atoms with Crippen molar-refractivity contribution in [1.29, 1.82) is 0 Å². The molecule has 0 aliphatic carbocycles. The van der Waals surface area contributed by atoms with Crippen molar-refractivity contribution in [2.24, 2.45) is 10.2 Å². The smallest absolute Gasteiger partial charge is 0.277 e. The number of benzene rings is 3. The van der Waals surface area contributed by atoms with E-state index in [4.69, 9.17) is 0 Å². The average molecular weight is 492 g/mol. The number of para-hydroxylation sites is 1. The lowest BCUT2D eigenvalue weighted by molar-refractivity contribution is 0.0954. The molecule has 1 heterocycles. The number of amides is 1. The molecule has 0 aliphatic heterocycles. The zero-order chi connectivity index (χ0) is 24.1. The summed E-state index contributed by atoms with van der Waals surface area (Å²) in [7, 11) is -4.02. The second-order valence-corrected chi connectivity index (χ2v) is 10.2. The Hall–Kier alpha value is -3.89. The van der Waals surface area contributed by atoms with Crippen LogP contribution in [0.1, 0.15) is 22.3 Å². The number of thiazole rings is 1. The second kappa shape index (κ2) is 9.94. The number of anilines is 1. The highest BCUT2D eigenvalue weighted by Gasteiger charge is 2.26. The Bertz CT molecular complexity index is 1460. The Labute approximate surface area is 201 Å². The number of aryl methyl sites for hydroxylation is 1. The van der Waals surface area contributed by atoms with Crippen molar-refractivity contribution in [2.45, 2.75) is 18.7 Å². The van der Waals surface area contributed by atoms with Crippen LogP contribution in [0.4, 0.5) is 5.69 Å². The molecule has 2 N–H and O–H groups in total. The van der Waals surface area contributed by atoms with Gasteiger partial charge in [-0.05, 0) is 50.2 Å². The minimum Gasteiger partial charge on any atom is -0.277 e. The van der Waals surface area contributed by atoms with E-state index in [1.54, 1.807) is 30.3 Å². The van der Waals surface area contributed by atoms with Gasteiger partial charge in [0.2, 0.25) is 14.9 Å². The number of nitrogens with zero attached hydrogens (tertiary/aromatic N) is 3. The van der Waals surface area contributed by atoms with Crippen molar-refractivity contribution in [1.82, 2.24) is 10.4 Å². The fraction of sp³-hybridized carbons (Fsp3) is 0.0833. The van der Waals surface area contributed by atoms with Crippen molar-refractivity contribution in [2.75, 3.05) is 5.43 Å². The second-order valence-electron chi connectivity index (χ2n) is 7.34. The summed E-state index contributed by atoms with van der Waals surface area (Å²) in [6.07, 6.45) is 0. The molecule has 0 unspecified atom stereocenters. The zero-order valence-corrected chi connectivity index (χ0v) is 20.0. The number of carbonyl (C=O) groups is 1. The van der Waals surface area contributed by atoms with Crippen LogP contribution in [-0.2, 0) is 9.84 Å². The first-order valence-corrected chi connectivity index (χ1v) is 12.6. The quantitative estimate of drug-likeness (QED) is 0.232. The van der Waals surface area contributed by atoms with E-state index in [-0.39, 0.29) is 20.7 Å². The van der Waals surface area contributed by atoms with E-state index in [1.807, 2.05) is 43.3 Å². The molecule has 1 amide bonds. The Morgan fingerprint density at radius 3 is 2.29 bits per heavy atom. The minimum absolute atomic E-state index is 0.0120. The molecule has 172 valence electrons. The molecule has 0 saturated carbocycles. The van der Waals surface area contributed by atoms with Crippen molar-refractivity contribution >= 4 is 53.7 Å². The largest absolute Gasteiger partial charge is 0.300 e. The highest BCUT2D eigenvalue weighted by atomic mass is 32.2. The zero-order valence-electron chi connectivity index (χ0n) is 18.4. The Morgan fingerprint density at radius 1 is 0.912 bits per heavy atom. The first kappa shape index (κ1) is 23.3. The first-order chi connectivity index (χ1) is 16.3. The number of nitrogens with one attached hydrogen (secondary N) is 2. The molecule has 10 heteroatoms. The summed E-state index contributed by atoms with van der Waals surface area (Å²) >= 11 is 1.22. The molecule has 0 spiro atoms. The summed E-state index contributed by atoms with van der Waals surface area (Å²) in [6.45, 7) is 3.41. The third-order valence-corrected chi connectivity index (χ3v) is 7.59. The number of sulfone groups is 1. The predicted molar refractivity (Wildman–Crippen MR) is 136 cm³/mol. The van der Waals surface area contributed by atoms with Crippen LogP contribution in [0, 0.1) is 6.92 Å². The summed E-state index contributed by atoms with van der Waals surface area (Å²) < 4.78 is 27.5. The Balaban J connectivity index is 1.64. The topological polar surface area (TPSA) is 113 Å². The fourth-order valence-corrected chi connectivity index (χ4v) is 5.18. The molecule has 1 aromatic heterocycles. The van der Waals surface area contributed by atoms with Gasteiger partial charge in [0, 0.05) is 0 Å². The summed E-state index contributed by atoms with van der Waals surface area (Å²) in [5, 5.41) is 8.07. The SMILES string of the molecule is CC(=N\NC(=O)c1nc2ccccc2s1)/C(=N/Nc1ccc(C)cc1)S(=O)(=O)c1ccccc1. The van der Waals surface area contributed by atoms with Crippen molar-refractivity contribution < 1.29 is 13.2 Å². The van der Waals surface area contributed by atoms with Gasteiger partial charge in [-0.2, -0.15) is 10.2 Å². The van der Waals surface area contributed by atoms with E-state index in [1.165, 1.54) is 30.4 Å². The molecule has 0 radical (unpaired) electrons. The summed E-state index contributed by atoms with van der Waals surface area (Å²) in [4.78, 5) is 16.9. The molecule has 34 heavy (non-hydrogen) atoms. The lowest BCUT2D eigenvalue weighted by atomic mass is 10.2. The van der Waals surface area contributed by atoms with Crippen LogP contribution in [0.2, 0.25) is 0 Å². The van der Waals surface area contributed by atoms with Crippen LogP contribution < -0.4 is 10.9 Å². The van der Waals surface area contributed by atoms with E-state index < -0.39 is 15.7 Å². The molecular formula is C24H21N5O3S2. The highest BCUT2D eigenvalue weighted by Crippen LogP contribution is 2.21. The Morgan fingerprint density at radius 2 is 1.59 bits per heavy atom. The monoisotopic (exact) mass is 491 g/mol. The van der Waals surface area contributed by atoms with Crippen LogP contribution in [0.15, 0.2) is 94.0 Å². The van der Waals surface area contributed by atoms with Crippen molar-refractivity contribution in [3.63, 3.8) is 0 Å². The van der Waals surface area contributed by atoms with Gasteiger partial charge in [-0.3, -0.25) is 10.2 Å². The van der Waals surface area contributed by atoms with E-state index in [0.29, 0.717) is 11.2 Å². The molecular weight excluding hydrogens is 470 g/mol. The lowest BCUT2D eigenvalue weighted by Gasteiger charge is -2.09. The summed E-state index contributed by atoms with van der Waals surface area (Å²) in [6, 6.07) is 22.6. The Kier molecular flexibility index (Phi) is 6.80. The molecule has 4 aromatic rings. The number of hydrazone groups is 2. The molecule has 0 aliphatic rings. The van der Waals surface area contributed by atoms with Gasteiger partial charge in [0.25, 0.3) is 5.91 Å². The van der Waals surface area contributed by atoms with Gasteiger partial charge in [-0.25, -0.2) is 18.8 Å². The fourth-order valence-electron chi connectivity index (χ4n) is 2.99. The van der Waals surface area contributed by atoms with E-state index in [2.05, 4.69) is 26.0 Å². The number of rotatable bonds is 6. The normalized spacial score (nSPS) is 12.5. The van der Waals surface area contributed by atoms with Gasteiger partial charge in [0.15, 0.2) is 5.01 Å². The number of carbonyl (C=O) groups excluding carboxylic acids is 1. The van der Waals surface area contributed by atoms with Crippen LogP contribution >= 0.6 is 11.3 Å². The van der Waals surface area contributed by atoms with Crippen molar-refractivity contribution in [3.8, 4) is 0 Å². The number of hydrogen-bond acceptors (Lipinski definition) is 8. The standard InChI is InChI=1S/C24H21N5O3S2/c1-16-12-14-18(15-13-16)27-29-24(34(31,32)19-8-4-3-5-9-19)17(2)26-28-22(30)23-25-20-10-6-7-11-21(20)33-23/h3-15,27H,1-2H3,(H,28,30)/b26-17+,29-24-. The number of aromatic nitrogens is 1. The van der Waals surface area contributed by atoms with Crippen molar-refractivity contribution in [3.05, 3.63) is 89.4 Å². The first-order valence-electron chi connectivity index (χ1n) is 10.3. The molecule has 0 fully saturated rings. The summed E-state index contributed by atoms with van der Waals surface area (Å²) in [5.74, 6) is -0.538. The molecule has 4 rings (SSSR count). The maximum absolute atomic E-state index is 13.3. The molecule has 0 saturated heterocycles. The van der Waals surface area contributed by atoms with Gasteiger partial charge >= 0.3 is 0 Å². The molecule has 0 atom stereocenters. The van der Waals surface area contributed by atoms with E-state index in [9.17, 15) is 13.2 Å². The van der Waals surface area contributed by atoms with Gasteiger partial charge in [0.05, 0.1) is 26.5 Å². The molecule has 0 bridgehead atoms. The number of fused-ring (bicyclic) bond motifs is 1. The van der Waals surface area contributed by atoms with Crippen LogP contribution in [-0.4, -0.2) is 30.1 Å².